The van der Waals surface area contributed by atoms with E-state index in [0.717, 1.165) is 17.2 Å². The molecule has 5 heteroatoms. The minimum atomic E-state index is -0.972. The van der Waals surface area contributed by atoms with Crippen LogP contribution in [-0.4, -0.2) is 29.9 Å². The van der Waals surface area contributed by atoms with Gasteiger partial charge in [-0.2, -0.15) is 0 Å². The molecule has 18 heavy (non-hydrogen) atoms. The third-order valence-corrected chi connectivity index (χ3v) is 3.06. The summed E-state index contributed by atoms with van der Waals surface area (Å²) in [6, 6.07) is 7.51. The van der Waals surface area contributed by atoms with Crippen LogP contribution < -0.4 is 0 Å². The Morgan fingerprint density at radius 1 is 1.44 bits per heavy atom. The Morgan fingerprint density at radius 2 is 2.22 bits per heavy atom. The first-order valence-corrected chi connectivity index (χ1v) is 6.42. The third-order valence-electron chi connectivity index (χ3n) is 2.09. The van der Waals surface area contributed by atoms with Crippen LogP contribution in [-0.2, 0) is 20.1 Å². The van der Waals surface area contributed by atoms with Crippen molar-refractivity contribution < 1.29 is 19.4 Å². The predicted octanol–water partition coefficient (Wildman–Crippen LogP) is 2.19. The van der Waals surface area contributed by atoms with Crippen molar-refractivity contribution in [2.45, 2.75) is 5.75 Å². The lowest BCUT2D eigenvalue weighted by Crippen LogP contribution is -2.03. The average molecular weight is 266 g/mol. The Kier molecular flexibility index (Phi) is 6.00. The SMILES string of the molecule is COC(=O)CSCc1cccc(/C=C/C(=O)O)c1. The van der Waals surface area contributed by atoms with Crippen LogP contribution in [0.3, 0.4) is 0 Å². The number of esters is 1. The van der Waals surface area contributed by atoms with E-state index in [1.165, 1.54) is 24.9 Å². The van der Waals surface area contributed by atoms with Gasteiger partial charge in [0.15, 0.2) is 0 Å². The van der Waals surface area contributed by atoms with E-state index in [1.54, 1.807) is 0 Å². The van der Waals surface area contributed by atoms with E-state index >= 15 is 0 Å². The molecule has 0 saturated carbocycles. The van der Waals surface area contributed by atoms with Crippen molar-refractivity contribution in [3.63, 3.8) is 0 Å². The standard InChI is InChI=1S/C13H14O4S/c1-17-13(16)9-18-8-11-4-2-3-10(7-11)5-6-12(14)15/h2-7H,8-9H2,1H3,(H,14,15)/b6-5+. The normalized spacial score (nSPS) is 10.5. The van der Waals surface area contributed by atoms with Gasteiger partial charge in [-0.25, -0.2) is 4.79 Å². The molecule has 96 valence electrons. The number of benzene rings is 1. The van der Waals surface area contributed by atoms with Crippen molar-refractivity contribution >= 4 is 29.8 Å². The molecule has 0 atom stereocenters. The third kappa shape index (κ3) is 5.54. The summed E-state index contributed by atoms with van der Waals surface area (Å²) >= 11 is 1.46. The number of carbonyl (C=O) groups is 2. The molecular weight excluding hydrogens is 252 g/mol. The zero-order valence-corrected chi connectivity index (χ0v) is 10.8. The number of carbonyl (C=O) groups excluding carboxylic acids is 1. The average Bonchev–Trinajstić information content (AvgIpc) is 2.36. The van der Waals surface area contributed by atoms with Gasteiger partial charge in [0.1, 0.15) is 0 Å². The molecule has 0 aliphatic carbocycles. The second-order valence-corrected chi connectivity index (χ2v) is 4.47. The molecule has 0 aliphatic rings. The molecule has 0 amide bonds. The zero-order valence-electron chi connectivity index (χ0n) is 9.96. The van der Waals surface area contributed by atoms with Crippen molar-refractivity contribution in [2.75, 3.05) is 12.9 Å². The van der Waals surface area contributed by atoms with Crippen molar-refractivity contribution in [2.24, 2.45) is 0 Å². The second kappa shape index (κ2) is 7.55. The molecule has 0 radical (unpaired) electrons. The summed E-state index contributed by atoms with van der Waals surface area (Å²) in [5.41, 5.74) is 1.87. The van der Waals surface area contributed by atoms with Crippen LogP contribution in [0.1, 0.15) is 11.1 Å². The van der Waals surface area contributed by atoms with Crippen LogP contribution >= 0.6 is 11.8 Å². The van der Waals surface area contributed by atoms with Gasteiger partial charge >= 0.3 is 11.9 Å². The van der Waals surface area contributed by atoms with Crippen molar-refractivity contribution in [3.8, 4) is 0 Å². The largest absolute Gasteiger partial charge is 0.478 e. The molecular formula is C13H14O4S. The maximum atomic E-state index is 10.9. The van der Waals surface area contributed by atoms with Crippen LogP contribution in [0, 0.1) is 0 Å². The Labute approximate surface area is 110 Å². The summed E-state index contributed by atoms with van der Waals surface area (Å²) in [6.07, 6.45) is 2.64. The fourth-order valence-corrected chi connectivity index (χ4v) is 2.07. The van der Waals surface area contributed by atoms with Gasteiger partial charge in [-0.1, -0.05) is 24.3 Å². The molecule has 0 bridgehead atoms. The molecule has 4 nitrogen and oxygen atoms in total. The van der Waals surface area contributed by atoms with E-state index < -0.39 is 5.97 Å². The van der Waals surface area contributed by atoms with E-state index in [-0.39, 0.29) is 5.97 Å². The molecule has 0 unspecified atom stereocenters. The number of carboxylic acid groups (broad SMARTS) is 1. The lowest BCUT2D eigenvalue weighted by Gasteiger charge is -2.02. The van der Waals surface area contributed by atoms with Gasteiger partial charge < -0.3 is 9.84 Å². The fourth-order valence-electron chi connectivity index (χ4n) is 1.27. The molecule has 1 N–H and O–H groups in total. The number of rotatable bonds is 6. The van der Waals surface area contributed by atoms with Gasteiger partial charge in [-0.3, -0.25) is 4.79 Å². The minimum Gasteiger partial charge on any atom is -0.478 e. The number of ether oxygens (including phenoxy) is 1. The number of aliphatic carboxylic acids is 1. The highest BCUT2D eigenvalue weighted by Gasteiger charge is 2.01. The summed E-state index contributed by atoms with van der Waals surface area (Å²) < 4.78 is 4.54. The van der Waals surface area contributed by atoms with Gasteiger partial charge in [0.05, 0.1) is 12.9 Å². The number of hydrogen-bond acceptors (Lipinski definition) is 4. The van der Waals surface area contributed by atoms with Gasteiger partial charge in [-0.05, 0) is 17.2 Å². The molecule has 0 aliphatic heterocycles. The van der Waals surface area contributed by atoms with Gasteiger partial charge in [0.25, 0.3) is 0 Å². The van der Waals surface area contributed by atoms with Crippen molar-refractivity contribution in [1.82, 2.24) is 0 Å². The number of thioether (sulfide) groups is 1. The highest BCUT2D eigenvalue weighted by atomic mass is 32.2. The highest BCUT2D eigenvalue weighted by Crippen LogP contribution is 2.14. The summed E-state index contributed by atoms with van der Waals surface area (Å²) in [5.74, 6) is -0.224. The first kappa shape index (κ1) is 14.3. The van der Waals surface area contributed by atoms with Crippen LogP contribution in [0.5, 0.6) is 0 Å². The van der Waals surface area contributed by atoms with Gasteiger partial charge in [0, 0.05) is 11.8 Å². The van der Waals surface area contributed by atoms with E-state index in [1.807, 2.05) is 24.3 Å². The molecule has 0 saturated heterocycles. The van der Waals surface area contributed by atoms with E-state index in [4.69, 9.17) is 5.11 Å². The first-order valence-electron chi connectivity index (χ1n) is 5.26. The van der Waals surface area contributed by atoms with E-state index in [2.05, 4.69) is 4.74 Å². The number of methoxy groups -OCH3 is 1. The quantitative estimate of drug-likeness (QED) is 0.631. The van der Waals surface area contributed by atoms with Crippen molar-refractivity contribution in [3.05, 3.63) is 41.5 Å². The van der Waals surface area contributed by atoms with Crippen LogP contribution in [0.25, 0.3) is 6.08 Å². The van der Waals surface area contributed by atoms with Crippen LogP contribution in [0.15, 0.2) is 30.3 Å². The molecule has 1 aromatic rings. The van der Waals surface area contributed by atoms with E-state index in [0.29, 0.717) is 11.5 Å². The maximum Gasteiger partial charge on any atom is 0.328 e. The van der Waals surface area contributed by atoms with Gasteiger partial charge in [0.2, 0.25) is 0 Å². The Balaban J connectivity index is 2.54. The lowest BCUT2D eigenvalue weighted by atomic mass is 10.1. The Hall–Kier alpha value is -1.75. The molecule has 1 aromatic carbocycles. The molecule has 0 aromatic heterocycles. The second-order valence-electron chi connectivity index (χ2n) is 3.49. The number of hydrogen-bond donors (Lipinski definition) is 1. The number of carboxylic acids is 1. The lowest BCUT2D eigenvalue weighted by molar-refractivity contribution is -0.137. The van der Waals surface area contributed by atoms with Crippen molar-refractivity contribution in [1.29, 1.82) is 0 Å². The minimum absolute atomic E-state index is 0.248. The molecule has 1 rings (SSSR count). The topological polar surface area (TPSA) is 63.6 Å². The summed E-state index contributed by atoms with van der Waals surface area (Å²) in [6.45, 7) is 0. The highest BCUT2D eigenvalue weighted by molar-refractivity contribution is 7.99. The summed E-state index contributed by atoms with van der Waals surface area (Å²) in [4.78, 5) is 21.3. The van der Waals surface area contributed by atoms with E-state index in [9.17, 15) is 9.59 Å². The summed E-state index contributed by atoms with van der Waals surface area (Å²) in [5, 5.41) is 8.53. The summed E-state index contributed by atoms with van der Waals surface area (Å²) in [7, 11) is 1.36. The molecule has 0 spiro atoms. The van der Waals surface area contributed by atoms with Gasteiger partial charge in [-0.15, -0.1) is 11.8 Å². The Bertz CT molecular complexity index is 454. The molecule has 0 heterocycles. The fraction of sp³-hybridized carbons (Fsp3) is 0.231. The predicted molar refractivity (Wildman–Crippen MR) is 71.3 cm³/mol. The monoisotopic (exact) mass is 266 g/mol. The first-order chi connectivity index (χ1) is 8.61. The smallest absolute Gasteiger partial charge is 0.328 e. The zero-order chi connectivity index (χ0) is 13.4. The maximum absolute atomic E-state index is 10.9. The van der Waals surface area contributed by atoms with Crippen LogP contribution in [0.4, 0.5) is 0 Å². The van der Waals surface area contributed by atoms with Crippen LogP contribution in [0.2, 0.25) is 0 Å². The molecule has 0 fully saturated rings. The Morgan fingerprint density at radius 3 is 2.89 bits per heavy atom.